The van der Waals surface area contributed by atoms with E-state index in [4.69, 9.17) is 0 Å². The van der Waals surface area contributed by atoms with Crippen molar-refractivity contribution in [3.05, 3.63) is 53.6 Å². The number of anilines is 2. The van der Waals surface area contributed by atoms with Gasteiger partial charge in [-0.05, 0) is 35.1 Å². The summed E-state index contributed by atoms with van der Waals surface area (Å²) in [6.07, 6.45) is 0. The molecule has 0 aromatic heterocycles. The summed E-state index contributed by atoms with van der Waals surface area (Å²) in [6.45, 7) is 12.6. The van der Waals surface area contributed by atoms with Gasteiger partial charge in [0.05, 0.1) is 31.9 Å². The van der Waals surface area contributed by atoms with Gasteiger partial charge in [-0.2, -0.15) is 0 Å². The van der Waals surface area contributed by atoms with Crippen LogP contribution in [0, 0.1) is 0 Å². The normalized spacial score (nSPS) is 15.2. The fourth-order valence-corrected chi connectivity index (χ4v) is 4.08. The summed E-state index contributed by atoms with van der Waals surface area (Å²) < 4.78 is 0. The van der Waals surface area contributed by atoms with Crippen molar-refractivity contribution in [2.24, 2.45) is 0 Å². The van der Waals surface area contributed by atoms with Crippen molar-refractivity contribution in [2.75, 3.05) is 42.9 Å². The van der Waals surface area contributed by atoms with Gasteiger partial charge in [-0.1, -0.05) is 58.0 Å². The lowest BCUT2D eigenvalue weighted by Crippen LogP contribution is -3.15. The van der Waals surface area contributed by atoms with Crippen LogP contribution in [0.2, 0.25) is 0 Å². The van der Waals surface area contributed by atoms with E-state index in [1.807, 2.05) is 18.2 Å². The minimum absolute atomic E-state index is 0.0750. The molecule has 3 rings (SSSR count). The summed E-state index contributed by atoms with van der Waals surface area (Å²) in [6, 6.07) is 13.8. The quantitative estimate of drug-likeness (QED) is 0.704. The van der Waals surface area contributed by atoms with Gasteiger partial charge in [0.1, 0.15) is 5.75 Å². The van der Waals surface area contributed by atoms with Crippen LogP contribution in [0.5, 0.6) is 5.75 Å². The Labute approximate surface area is 174 Å². The maximum absolute atomic E-state index is 12.9. The third-order valence-corrected chi connectivity index (χ3v) is 5.74. The average molecular weight is 397 g/mol. The molecule has 0 spiro atoms. The van der Waals surface area contributed by atoms with E-state index in [1.54, 1.807) is 6.07 Å². The monoisotopic (exact) mass is 396 g/mol. The predicted octanol–water partition coefficient (Wildman–Crippen LogP) is 2.98. The molecule has 0 saturated carbocycles. The Balaban J connectivity index is 1.62. The molecule has 5 nitrogen and oxygen atoms in total. The Morgan fingerprint density at radius 3 is 2.14 bits per heavy atom. The molecule has 1 aliphatic heterocycles. The standard InChI is InChI=1S/C24H33N3O2/c1-17(2)19-8-7-9-20(18(3)4)24(19)25-23(29)16-26-12-14-27(15-13-26)21-10-5-6-11-22(21)28/h5-11,17-18,28H,12-16H2,1-4H3,(H,25,29)/p+1. The number of amides is 1. The lowest BCUT2D eigenvalue weighted by Gasteiger charge is -2.33. The number of phenolic OH excluding ortho intramolecular Hbond substituents is 1. The third kappa shape index (κ3) is 5.10. The van der Waals surface area contributed by atoms with Crippen molar-refractivity contribution in [1.29, 1.82) is 0 Å². The molecule has 1 aliphatic rings. The Morgan fingerprint density at radius 1 is 1.00 bits per heavy atom. The van der Waals surface area contributed by atoms with Crippen molar-refractivity contribution in [1.82, 2.24) is 0 Å². The van der Waals surface area contributed by atoms with E-state index in [0.29, 0.717) is 24.1 Å². The van der Waals surface area contributed by atoms with Gasteiger partial charge in [-0.15, -0.1) is 0 Å². The number of piperazine rings is 1. The number of phenols is 1. The first-order valence-corrected chi connectivity index (χ1v) is 10.7. The van der Waals surface area contributed by atoms with Crippen molar-refractivity contribution < 1.29 is 14.8 Å². The van der Waals surface area contributed by atoms with Crippen LogP contribution in [0.25, 0.3) is 0 Å². The Kier molecular flexibility index (Phi) is 6.80. The molecule has 2 aromatic rings. The molecule has 1 saturated heterocycles. The van der Waals surface area contributed by atoms with Crippen LogP contribution in [0.3, 0.4) is 0 Å². The maximum Gasteiger partial charge on any atom is 0.279 e. The van der Waals surface area contributed by atoms with E-state index in [-0.39, 0.29) is 5.91 Å². The second kappa shape index (κ2) is 9.31. The molecule has 2 aromatic carbocycles. The molecule has 5 heteroatoms. The minimum atomic E-state index is 0.0750. The summed E-state index contributed by atoms with van der Waals surface area (Å²) in [4.78, 5) is 16.3. The lowest BCUT2D eigenvalue weighted by atomic mass is 9.92. The van der Waals surface area contributed by atoms with Crippen molar-refractivity contribution in [2.45, 2.75) is 39.5 Å². The highest BCUT2D eigenvalue weighted by molar-refractivity contribution is 5.93. The first kappa shape index (κ1) is 21.2. The molecule has 0 atom stereocenters. The highest BCUT2D eigenvalue weighted by atomic mass is 16.3. The maximum atomic E-state index is 12.9. The first-order valence-electron chi connectivity index (χ1n) is 10.7. The molecule has 156 valence electrons. The summed E-state index contributed by atoms with van der Waals surface area (Å²) in [5, 5.41) is 13.3. The highest BCUT2D eigenvalue weighted by Gasteiger charge is 2.24. The zero-order chi connectivity index (χ0) is 21.0. The van der Waals surface area contributed by atoms with Gasteiger partial charge in [0.15, 0.2) is 6.54 Å². The number of hydrogen-bond donors (Lipinski definition) is 3. The largest absolute Gasteiger partial charge is 0.506 e. The van der Waals surface area contributed by atoms with E-state index < -0.39 is 0 Å². The zero-order valence-electron chi connectivity index (χ0n) is 18.0. The molecular formula is C24H34N3O2+. The number of nitrogens with one attached hydrogen (secondary N) is 2. The van der Waals surface area contributed by atoms with Crippen LogP contribution in [0.1, 0.15) is 50.7 Å². The van der Waals surface area contributed by atoms with Gasteiger partial charge in [0.2, 0.25) is 0 Å². The molecular weight excluding hydrogens is 362 g/mol. The minimum Gasteiger partial charge on any atom is -0.506 e. The number of carbonyl (C=O) groups is 1. The SMILES string of the molecule is CC(C)c1cccc(C(C)C)c1NC(=O)C[NH+]1CCN(c2ccccc2O)CC1. The molecule has 3 N–H and O–H groups in total. The zero-order valence-corrected chi connectivity index (χ0v) is 18.0. The fraction of sp³-hybridized carbons (Fsp3) is 0.458. The first-order chi connectivity index (χ1) is 13.9. The van der Waals surface area contributed by atoms with Gasteiger partial charge in [-0.25, -0.2) is 0 Å². The topological polar surface area (TPSA) is 57.0 Å². The number of benzene rings is 2. The van der Waals surface area contributed by atoms with Crippen molar-refractivity contribution in [3.63, 3.8) is 0 Å². The molecule has 1 fully saturated rings. The van der Waals surface area contributed by atoms with Gasteiger partial charge < -0.3 is 20.2 Å². The highest BCUT2D eigenvalue weighted by Crippen LogP contribution is 2.32. The Bertz CT molecular complexity index is 814. The second-order valence-electron chi connectivity index (χ2n) is 8.57. The second-order valence-corrected chi connectivity index (χ2v) is 8.57. The molecule has 1 heterocycles. The van der Waals surface area contributed by atoms with E-state index >= 15 is 0 Å². The molecule has 0 aliphatic carbocycles. The number of rotatable bonds is 6. The molecule has 29 heavy (non-hydrogen) atoms. The summed E-state index contributed by atoms with van der Waals surface area (Å²) in [5.41, 5.74) is 4.27. The van der Waals surface area contributed by atoms with Gasteiger partial charge in [0, 0.05) is 5.69 Å². The van der Waals surface area contributed by atoms with Gasteiger partial charge in [-0.3, -0.25) is 4.79 Å². The van der Waals surface area contributed by atoms with Crippen LogP contribution in [0.4, 0.5) is 11.4 Å². The number of quaternary nitrogens is 1. The number of nitrogens with zero attached hydrogens (tertiary/aromatic N) is 1. The molecule has 0 unspecified atom stereocenters. The van der Waals surface area contributed by atoms with Crippen LogP contribution in [-0.4, -0.2) is 43.7 Å². The van der Waals surface area contributed by atoms with E-state index in [1.165, 1.54) is 16.0 Å². The van der Waals surface area contributed by atoms with Crippen molar-refractivity contribution in [3.8, 4) is 5.75 Å². The molecule has 0 bridgehead atoms. The number of hydrogen-bond acceptors (Lipinski definition) is 3. The predicted molar refractivity (Wildman–Crippen MR) is 119 cm³/mol. The third-order valence-electron chi connectivity index (χ3n) is 5.74. The lowest BCUT2D eigenvalue weighted by molar-refractivity contribution is -0.892. The van der Waals surface area contributed by atoms with Crippen LogP contribution in [0.15, 0.2) is 42.5 Å². The van der Waals surface area contributed by atoms with Crippen molar-refractivity contribution >= 4 is 17.3 Å². The average Bonchev–Trinajstić information content (AvgIpc) is 2.69. The van der Waals surface area contributed by atoms with Gasteiger partial charge in [0.25, 0.3) is 5.91 Å². The van der Waals surface area contributed by atoms with E-state index in [2.05, 4.69) is 56.1 Å². The number of aromatic hydroxyl groups is 1. The molecule has 0 radical (unpaired) electrons. The summed E-state index contributed by atoms with van der Waals surface area (Å²) in [7, 11) is 0. The van der Waals surface area contributed by atoms with E-state index in [0.717, 1.165) is 37.6 Å². The van der Waals surface area contributed by atoms with Gasteiger partial charge >= 0.3 is 0 Å². The molecule has 1 amide bonds. The fourth-order valence-electron chi connectivity index (χ4n) is 4.08. The smallest absolute Gasteiger partial charge is 0.279 e. The summed E-state index contributed by atoms with van der Waals surface area (Å²) >= 11 is 0. The van der Waals surface area contributed by atoms with E-state index in [9.17, 15) is 9.90 Å². The van der Waals surface area contributed by atoms with Crippen LogP contribution >= 0.6 is 0 Å². The summed E-state index contributed by atoms with van der Waals surface area (Å²) in [5.74, 6) is 1.11. The Morgan fingerprint density at radius 2 is 1.59 bits per heavy atom. The number of para-hydroxylation sites is 3. The Hall–Kier alpha value is -2.53. The van der Waals surface area contributed by atoms with Crippen LogP contribution in [-0.2, 0) is 4.79 Å². The van der Waals surface area contributed by atoms with Crippen LogP contribution < -0.4 is 15.1 Å². The number of carbonyl (C=O) groups excluding carboxylic acids is 1.